The van der Waals surface area contributed by atoms with E-state index in [1.807, 2.05) is 18.2 Å². The number of hydrogen-bond donors (Lipinski definition) is 0. The fraction of sp³-hybridized carbons (Fsp3) is 0.235. The number of halogens is 1. The highest BCUT2D eigenvalue weighted by Gasteiger charge is 2.10. The summed E-state index contributed by atoms with van der Waals surface area (Å²) in [6.07, 6.45) is 0.491. The minimum absolute atomic E-state index is 0.491. The zero-order valence-corrected chi connectivity index (χ0v) is 12.3. The Bertz CT molecular complexity index is 602. The summed E-state index contributed by atoms with van der Waals surface area (Å²) in [7, 11) is 0. The van der Waals surface area contributed by atoms with Crippen molar-refractivity contribution < 1.29 is 0 Å². The number of rotatable bonds is 5. The second-order valence-electron chi connectivity index (χ2n) is 4.64. The molecule has 0 heterocycles. The van der Waals surface area contributed by atoms with Crippen molar-refractivity contribution in [3.63, 3.8) is 0 Å². The highest BCUT2D eigenvalue weighted by Crippen LogP contribution is 2.27. The quantitative estimate of drug-likeness (QED) is 0.739. The minimum atomic E-state index is 0.491. The van der Waals surface area contributed by atoms with E-state index in [0.717, 1.165) is 16.9 Å². The van der Waals surface area contributed by atoms with Gasteiger partial charge >= 0.3 is 0 Å². The number of nitrogens with zero attached hydrogens (tertiary/aromatic N) is 2. The lowest BCUT2D eigenvalue weighted by Crippen LogP contribution is -2.18. The van der Waals surface area contributed by atoms with Gasteiger partial charge in [0.15, 0.2) is 0 Å². The maximum absolute atomic E-state index is 8.85. The van der Waals surface area contributed by atoms with Crippen molar-refractivity contribution in [3.05, 3.63) is 59.7 Å². The Morgan fingerprint density at radius 1 is 1.10 bits per heavy atom. The van der Waals surface area contributed by atoms with E-state index in [1.54, 1.807) is 0 Å². The maximum atomic E-state index is 8.85. The lowest BCUT2D eigenvalue weighted by molar-refractivity contribution is 0.946. The third-order valence-electron chi connectivity index (χ3n) is 3.30. The summed E-state index contributed by atoms with van der Waals surface area (Å²) in [6.45, 7) is 2.74. The number of alkyl halides is 1. The number of benzene rings is 2. The molecule has 2 aromatic carbocycles. The SMILES string of the molecule is Cc1cc(N(CCC#N)c2ccccc2)ccc1CCl. The summed E-state index contributed by atoms with van der Waals surface area (Å²) in [5, 5.41) is 8.85. The van der Waals surface area contributed by atoms with Crippen molar-refractivity contribution >= 4 is 23.0 Å². The molecule has 102 valence electrons. The van der Waals surface area contributed by atoms with Gasteiger partial charge in [0.2, 0.25) is 0 Å². The van der Waals surface area contributed by atoms with E-state index in [9.17, 15) is 0 Å². The molecule has 0 radical (unpaired) electrons. The normalized spacial score (nSPS) is 10.1. The van der Waals surface area contributed by atoms with Gasteiger partial charge in [0.1, 0.15) is 0 Å². The van der Waals surface area contributed by atoms with Crippen molar-refractivity contribution in [2.45, 2.75) is 19.2 Å². The molecule has 0 N–H and O–H groups in total. The fourth-order valence-electron chi connectivity index (χ4n) is 2.17. The van der Waals surface area contributed by atoms with Gasteiger partial charge in [0, 0.05) is 23.8 Å². The van der Waals surface area contributed by atoms with Crippen LogP contribution in [0.25, 0.3) is 0 Å². The number of anilines is 2. The van der Waals surface area contributed by atoms with E-state index in [1.165, 1.54) is 5.56 Å². The first-order valence-corrected chi connectivity index (χ1v) is 7.14. The van der Waals surface area contributed by atoms with Crippen LogP contribution < -0.4 is 4.90 Å². The van der Waals surface area contributed by atoms with E-state index in [-0.39, 0.29) is 0 Å². The summed E-state index contributed by atoms with van der Waals surface area (Å²) in [5.74, 6) is 0.523. The van der Waals surface area contributed by atoms with E-state index in [2.05, 4.69) is 48.2 Å². The predicted molar refractivity (Wildman–Crippen MR) is 84.4 cm³/mol. The van der Waals surface area contributed by atoms with Crippen LogP contribution in [0, 0.1) is 18.3 Å². The van der Waals surface area contributed by atoms with Crippen LogP contribution in [0.5, 0.6) is 0 Å². The Morgan fingerprint density at radius 3 is 2.45 bits per heavy atom. The molecule has 0 saturated carbocycles. The smallest absolute Gasteiger partial charge is 0.0640 e. The zero-order chi connectivity index (χ0) is 14.4. The van der Waals surface area contributed by atoms with Gasteiger partial charge in [-0.2, -0.15) is 5.26 Å². The highest BCUT2D eigenvalue weighted by molar-refractivity contribution is 6.17. The van der Waals surface area contributed by atoms with Crippen LogP contribution in [-0.2, 0) is 5.88 Å². The Morgan fingerprint density at radius 2 is 1.85 bits per heavy atom. The molecule has 0 saturated heterocycles. The molecule has 0 aliphatic rings. The van der Waals surface area contributed by atoms with Gasteiger partial charge in [-0.1, -0.05) is 24.3 Å². The average molecular weight is 285 g/mol. The van der Waals surface area contributed by atoms with E-state index in [4.69, 9.17) is 16.9 Å². The van der Waals surface area contributed by atoms with Crippen LogP contribution >= 0.6 is 11.6 Å². The molecule has 0 fully saturated rings. The standard InChI is InChI=1S/C17H17ClN2/c1-14-12-17(9-8-15(14)13-18)20(11-5-10-19)16-6-3-2-4-7-16/h2-4,6-9,12H,5,11,13H2,1H3. The van der Waals surface area contributed by atoms with Gasteiger partial charge in [-0.05, 0) is 42.3 Å². The van der Waals surface area contributed by atoms with Crippen LogP contribution in [0.15, 0.2) is 48.5 Å². The van der Waals surface area contributed by atoms with E-state index >= 15 is 0 Å². The summed E-state index contributed by atoms with van der Waals surface area (Å²) in [6, 6.07) is 18.6. The van der Waals surface area contributed by atoms with Gasteiger partial charge in [0.25, 0.3) is 0 Å². The number of para-hydroxylation sites is 1. The molecule has 3 heteroatoms. The molecule has 0 amide bonds. The summed E-state index contributed by atoms with van der Waals surface area (Å²) in [5.41, 5.74) is 4.51. The van der Waals surface area contributed by atoms with Crippen LogP contribution in [0.1, 0.15) is 17.5 Å². The van der Waals surface area contributed by atoms with Crippen molar-refractivity contribution in [3.8, 4) is 6.07 Å². The predicted octanol–water partition coefficient (Wildman–Crippen LogP) is 4.79. The van der Waals surface area contributed by atoms with Gasteiger partial charge < -0.3 is 4.90 Å². The highest BCUT2D eigenvalue weighted by atomic mass is 35.5. The second kappa shape index (κ2) is 6.98. The molecule has 2 nitrogen and oxygen atoms in total. The van der Waals surface area contributed by atoms with Gasteiger partial charge in [-0.3, -0.25) is 0 Å². The molecule has 0 aromatic heterocycles. The third kappa shape index (κ3) is 3.31. The van der Waals surface area contributed by atoms with Crippen molar-refractivity contribution in [1.29, 1.82) is 5.26 Å². The van der Waals surface area contributed by atoms with Crippen LogP contribution in [0.4, 0.5) is 11.4 Å². The lowest BCUT2D eigenvalue weighted by atomic mass is 10.1. The van der Waals surface area contributed by atoms with Crippen molar-refractivity contribution in [1.82, 2.24) is 0 Å². The number of hydrogen-bond acceptors (Lipinski definition) is 2. The minimum Gasteiger partial charge on any atom is -0.340 e. The summed E-state index contributed by atoms with van der Waals surface area (Å²) < 4.78 is 0. The van der Waals surface area contributed by atoms with Gasteiger partial charge in [-0.25, -0.2) is 0 Å². The molecule has 2 aromatic rings. The van der Waals surface area contributed by atoms with Crippen molar-refractivity contribution in [2.24, 2.45) is 0 Å². The largest absolute Gasteiger partial charge is 0.340 e. The van der Waals surface area contributed by atoms with E-state index < -0.39 is 0 Å². The first-order valence-electron chi connectivity index (χ1n) is 6.61. The lowest BCUT2D eigenvalue weighted by Gasteiger charge is -2.25. The number of aryl methyl sites for hydroxylation is 1. The zero-order valence-electron chi connectivity index (χ0n) is 11.5. The second-order valence-corrected chi connectivity index (χ2v) is 4.91. The molecule has 0 unspecified atom stereocenters. The molecular weight excluding hydrogens is 268 g/mol. The third-order valence-corrected chi connectivity index (χ3v) is 3.58. The molecular formula is C17H17ClN2. The summed E-state index contributed by atoms with van der Waals surface area (Å²) >= 11 is 5.91. The first-order chi connectivity index (χ1) is 9.76. The Labute approximate surface area is 125 Å². The fourth-order valence-corrected chi connectivity index (χ4v) is 2.47. The van der Waals surface area contributed by atoms with Crippen LogP contribution in [0.3, 0.4) is 0 Å². The molecule has 20 heavy (non-hydrogen) atoms. The van der Waals surface area contributed by atoms with E-state index in [0.29, 0.717) is 18.8 Å². The number of nitriles is 1. The maximum Gasteiger partial charge on any atom is 0.0640 e. The molecule has 0 aliphatic carbocycles. The Balaban J connectivity index is 2.36. The molecule has 0 bridgehead atoms. The average Bonchev–Trinajstić information content (AvgIpc) is 2.49. The summed E-state index contributed by atoms with van der Waals surface area (Å²) in [4.78, 5) is 2.16. The van der Waals surface area contributed by atoms with Crippen LogP contribution in [0.2, 0.25) is 0 Å². The Hall–Kier alpha value is -1.98. The van der Waals surface area contributed by atoms with Crippen LogP contribution in [-0.4, -0.2) is 6.54 Å². The van der Waals surface area contributed by atoms with Gasteiger partial charge in [0.05, 0.1) is 12.5 Å². The molecule has 0 aliphatic heterocycles. The van der Waals surface area contributed by atoms with Crippen molar-refractivity contribution in [2.75, 3.05) is 11.4 Å². The topological polar surface area (TPSA) is 27.0 Å². The first kappa shape index (κ1) is 14.4. The monoisotopic (exact) mass is 284 g/mol. The molecule has 2 rings (SSSR count). The molecule has 0 spiro atoms. The van der Waals surface area contributed by atoms with Gasteiger partial charge in [-0.15, -0.1) is 11.6 Å². The molecule has 0 atom stereocenters. The Kier molecular flexibility index (Phi) is 5.03.